The van der Waals surface area contributed by atoms with Gasteiger partial charge in [-0.15, -0.1) is 0 Å². The number of amides is 1. The maximum Gasteiger partial charge on any atom is 0.407 e. The van der Waals surface area contributed by atoms with E-state index in [0.29, 0.717) is 6.29 Å². The van der Waals surface area contributed by atoms with Gasteiger partial charge in [-0.3, -0.25) is 0 Å². The first-order valence-electron chi connectivity index (χ1n) is 3.09. The van der Waals surface area contributed by atoms with Crippen molar-refractivity contribution in [2.24, 2.45) is 0 Å². The number of hydrogen-bond acceptors (Lipinski definition) is 4. The summed E-state index contributed by atoms with van der Waals surface area (Å²) < 4.78 is 4.21. The zero-order valence-electron chi connectivity index (χ0n) is 6.40. The Kier molecular flexibility index (Phi) is 4.21. The standard InChI is InChI=1S/C6H11NO4/c1-4(9)5(3-8)7-6(10)11-2/h3-5,9H,1-2H3,(H,7,10)/t4-,5-/m1/s1. The lowest BCUT2D eigenvalue weighted by Crippen LogP contribution is -2.43. The van der Waals surface area contributed by atoms with E-state index in [1.807, 2.05) is 0 Å². The van der Waals surface area contributed by atoms with Gasteiger partial charge in [-0.25, -0.2) is 4.79 Å². The molecule has 0 saturated carbocycles. The van der Waals surface area contributed by atoms with Crippen LogP contribution in [0.1, 0.15) is 6.92 Å². The quantitative estimate of drug-likeness (QED) is 0.536. The minimum absolute atomic E-state index is 0.446. The predicted octanol–water partition coefficient (Wildman–Crippen LogP) is -0.709. The van der Waals surface area contributed by atoms with Gasteiger partial charge in [-0.2, -0.15) is 0 Å². The highest BCUT2D eigenvalue weighted by Crippen LogP contribution is 1.88. The van der Waals surface area contributed by atoms with E-state index in [1.165, 1.54) is 14.0 Å². The first-order valence-corrected chi connectivity index (χ1v) is 3.09. The van der Waals surface area contributed by atoms with Gasteiger partial charge in [0, 0.05) is 0 Å². The Morgan fingerprint density at radius 3 is 2.55 bits per heavy atom. The van der Waals surface area contributed by atoms with Gasteiger partial charge in [-0.1, -0.05) is 0 Å². The second kappa shape index (κ2) is 4.68. The van der Waals surface area contributed by atoms with Crippen LogP contribution >= 0.6 is 0 Å². The lowest BCUT2D eigenvalue weighted by molar-refractivity contribution is -0.111. The van der Waals surface area contributed by atoms with E-state index >= 15 is 0 Å². The molecular formula is C6H11NO4. The third-order valence-corrected chi connectivity index (χ3v) is 1.14. The summed E-state index contributed by atoms with van der Waals surface area (Å²) in [6, 6.07) is -0.901. The number of carbonyl (C=O) groups is 2. The van der Waals surface area contributed by atoms with Gasteiger partial charge in [0.05, 0.1) is 13.2 Å². The molecule has 0 fully saturated rings. The topological polar surface area (TPSA) is 75.6 Å². The van der Waals surface area contributed by atoms with Crippen molar-refractivity contribution in [1.29, 1.82) is 0 Å². The maximum atomic E-state index is 10.5. The van der Waals surface area contributed by atoms with Gasteiger partial charge < -0.3 is 20.0 Å². The third-order valence-electron chi connectivity index (χ3n) is 1.14. The molecular weight excluding hydrogens is 150 g/mol. The molecule has 0 aromatic heterocycles. The van der Waals surface area contributed by atoms with Crippen molar-refractivity contribution in [1.82, 2.24) is 5.32 Å². The molecule has 0 bridgehead atoms. The number of aliphatic hydroxyl groups is 1. The Morgan fingerprint density at radius 2 is 2.27 bits per heavy atom. The van der Waals surface area contributed by atoms with Crippen molar-refractivity contribution in [2.45, 2.75) is 19.1 Å². The van der Waals surface area contributed by atoms with E-state index in [0.717, 1.165) is 0 Å². The first-order chi connectivity index (χ1) is 5.11. The second-order valence-corrected chi connectivity index (χ2v) is 2.04. The molecule has 0 aromatic carbocycles. The number of ether oxygens (including phenoxy) is 1. The van der Waals surface area contributed by atoms with Crippen LogP contribution in [0.3, 0.4) is 0 Å². The summed E-state index contributed by atoms with van der Waals surface area (Å²) in [6.45, 7) is 1.40. The van der Waals surface area contributed by atoms with Crippen molar-refractivity contribution in [2.75, 3.05) is 7.11 Å². The number of aliphatic hydroxyl groups excluding tert-OH is 1. The van der Waals surface area contributed by atoms with Gasteiger partial charge in [0.25, 0.3) is 0 Å². The molecule has 1 amide bonds. The molecule has 5 heteroatoms. The highest BCUT2D eigenvalue weighted by atomic mass is 16.5. The van der Waals surface area contributed by atoms with Crippen LogP contribution in [0.2, 0.25) is 0 Å². The Bertz CT molecular complexity index is 146. The summed E-state index contributed by atoms with van der Waals surface area (Å²) in [5.74, 6) is 0. The number of methoxy groups -OCH3 is 1. The van der Waals surface area contributed by atoms with Crippen molar-refractivity contribution < 1.29 is 19.4 Å². The molecule has 0 radical (unpaired) electrons. The average molecular weight is 161 g/mol. The van der Waals surface area contributed by atoms with E-state index in [9.17, 15) is 9.59 Å². The van der Waals surface area contributed by atoms with Gasteiger partial charge >= 0.3 is 6.09 Å². The van der Waals surface area contributed by atoms with Crippen LogP contribution < -0.4 is 5.32 Å². The van der Waals surface area contributed by atoms with Crippen LogP contribution in [0.25, 0.3) is 0 Å². The van der Waals surface area contributed by atoms with E-state index in [-0.39, 0.29) is 0 Å². The highest BCUT2D eigenvalue weighted by Gasteiger charge is 2.15. The van der Waals surface area contributed by atoms with E-state index in [2.05, 4.69) is 10.1 Å². The number of carbonyl (C=O) groups excluding carboxylic acids is 2. The molecule has 0 unspecified atom stereocenters. The SMILES string of the molecule is COC(=O)N[C@H](C=O)[C@@H](C)O. The van der Waals surface area contributed by atoms with Gasteiger partial charge in [0.2, 0.25) is 0 Å². The minimum Gasteiger partial charge on any atom is -0.453 e. The highest BCUT2D eigenvalue weighted by molar-refractivity contribution is 5.73. The molecule has 0 aliphatic carbocycles. The molecule has 0 heterocycles. The molecule has 5 nitrogen and oxygen atoms in total. The number of rotatable bonds is 3. The molecule has 0 saturated heterocycles. The van der Waals surface area contributed by atoms with Crippen LogP contribution in [0.15, 0.2) is 0 Å². The maximum absolute atomic E-state index is 10.5. The van der Waals surface area contributed by atoms with E-state index < -0.39 is 18.2 Å². The van der Waals surface area contributed by atoms with Gasteiger partial charge in [0.1, 0.15) is 12.3 Å². The summed E-state index contributed by atoms with van der Waals surface area (Å²) in [7, 11) is 1.18. The van der Waals surface area contributed by atoms with Crippen molar-refractivity contribution >= 4 is 12.4 Å². The van der Waals surface area contributed by atoms with Crippen LogP contribution in [0.5, 0.6) is 0 Å². The van der Waals surface area contributed by atoms with E-state index in [1.54, 1.807) is 0 Å². The summed E-state index contributed by atoms with van der Waals surface area (Å²) >= 11 is 0. The molecule has 0 rings (SSSR count). The predicted molar refractivity (Wildman–Crippen MR) is 37.1 cm³/mol. The fraction of sp³-hybridized carbons (Fsp3) is 0.667. The smallest absolute Gasteiger partial charge is 0.407 e. The second-order valence-electron chi connectivity index (χ2n) is 2.04. The van der Waals surface area contributed by atoms with Gasteiger partial charge in [-0.05, 0) is 6.92 Å². The molecule has 2 atom stereocenters. The monoisotopic (exact) mass is 161 g/mol. The number of alkyl carbamates (subject to hydrolysis) is 1. The zero-order chi connectivity index (χ0) is 8.85. The lowest BCUT2D eigenvalue weighted by atomic mass is 10.2. The van der Waals surface area contributed by atoms with Crippen LogP contribution in [0.4, 0.5) is 4.79 Å². The summed E-state index contributed by atoms with van der Waals surface area (Å²) in [4.78, 5) is 20.6. The largest absolute Gasteiger partial charge is 0.453 e. The van der Waals surface area contributed by atoms with Crippen LogP contribution in [0, 0.1) is 0 Å². The fourth-order valence-corrected chi connectivity index (χ4v) is 0.463. The third kappa shape index (κ3) is 3.57. The Labute approximate surface area is 64.3 Å². The Morgan fingerprint density at radius 1 is 1.73 bits per heavy atom. The number of hydrogen-bond donors (Lipinski definition) is 2. The number of aldehydes is 1. The first kappa shape index (κ1) is 9.90. The fourth-order valence-electron chi connectivity index (χ4n) is 0.463. The molecule has 0 spiro atoms. The molecule has 11 heavy (non-hydrogen) atoms. The molecule has 0 aliphatic rings. The Hall–Kier alpha value is -1.10. The normalized spacial score (nSPS) is 14.8. The van der Waals surface area contributed by atoms with Crippen molar-refractivity contribution in [3.05, 3.63) is 0 Å². The molecule has 0 aromatic rings. The summed E-state index contributed by atoms with van der Waals surface area (Å²) in [6.07, 6.45) is -1.20. The summed E-state index contributed by atoms with van der Waals surface area (Å²) in [5.41, 5.74) is 0. The Balaban J connectivity index is 3.87. The van der Waals surface area contributed by atoms with E-state index in [4.69, 9.17) is 5.11 Å². The number of nitrogens with one attached hydrogen (secondary N) is 1. The average Bonchev–Trinajstić information content (AvgIpc) is 1.99. The lowest BCUT2D eigenvalue weighted by Gasteiger charge is -2.13. The summed E-state index contributed by atoms with van der Waals surface area (Å²) in [5, 5.41) is 11.0. The van der Waals surface area contributed by atoms with Crippen molar-refractivity contribution in [3.8, 4) is 0 Å². The van der Waals surface area contributed by atoms with Crippen LogP contribution in [-0.4, -0.2) is 36.7 Å². The van der Waals surface area contributed by atoms with Crippen molar-refractivity contribution in [3.63, 3.8) is 0 Å². The zero-order valence-corrected chi connectivity index (χ0v) is 6.40. The van der Waals surface area contributed by atoms with Gasteiger partial charge in [0.15, 0.2) is 0 Å². The molecule has 0 aliphatic heterocycles. The van der Waals surface area contributed by atoms with Crippen LogP contribution in [-0.2, 0) is 9.53 Å². The molecule has 2 N–H and O–H groups in total. The molecule has 64 valence electrons. The minimum atomic E-state index is -0.911.